The number of halogens is 1. The number of benzene rings is 1. The first-order valence-corrected chi connectivity index (χ1v) is 4.82. The van der Waals surface area contributed by atoms with Crippen LogP contribution in [-0.4, -0.2) is 5.91 Å². The molecule has 4 N–H and O–H groups in total. The first-order chi connectivity index (χ1) is 6.57. The molecule has 0 aliphatic rings. The lowest BCUT2D eigenvalue weighted by molar-refractivity contribution is 0.0999. The lowest BCUT2D eigenvalue weighted by atomic mass is 10.0. The van der Waals surface area contributed by atoms with Gasteiger partial charge in [-0.1, -0.05) is 24.9 Å². The molecule has 0 bridgehead atoms. The van der Waals surface area contributed by atoms with Crippen LogP contribution < -0.4 is 11.5 Å². The van der Waals surface area contributed by atoms with Crippen LogP contribution in [0, 0.1) is 0 Å². The first kappa shape index (κ1) is 10.9. The van der Waals surface area contributed by atoms with E-state index in [1.807, 2.05) is 6.92 Å². The second-order valence-corrected chi connectivity index (χ2v) is 3.51. The summed E-state index contributed by atoms with van der Waals surface area (Å²) in [5.74, 6) is -0.522. The van der Waals surface area contributed by atoms with Crippen molar-refractivity contribution in [2.75, 3.05) is 5.73 Å². The number of nitrogens with two attached hydrogens (primary N) is 2. The molecule has 0 aromatic heterocycles. The number of nitrogen functional groups attached to an aromatic ring is 1. The third-order valence-corrected chi connectivity index (χ3v) is 2.36. The van der Waals surface area contributed by atoms with Gasteiger partial charge in [0, 0.05) is 5.69 Å². The van der Waals surface area contributed by atoms with Gasteiger partial charge < -0.3 is 11.5 Å². The minimum Gasteiger partial charge on any atom is -0.398 e. The molecule has 4 heteroatoms. The molecule has 0 heterocycles. The number of carbonyl (C=O) groups excluding carboxylic acids is 1. The van der Waals surface area contributed by atoms with E-state index in [4.69, 9.17) is 23.1 Å². The van der Waals surface area contributed by atoms with Crippen molar-refractivity contribution in [3.63, 3.8) is 0 Å². The number of anilines is 1. The van der Waals surface area contributed by atoms with Crippen molar-refractivity contribution < 1.29 is 4.79 Å². The molecule has 1 aromatic rings. The average Bonchev–Trinajstić information content (AvgIpc) is 2.11. The summed E-state index contributed by atoms with van der Waals surface area (Å²) in [6, 6.07) is 3.29. The van der Waals surface area contributed by atoms with Crippen LogP contribution in [0.5, 0.6) is 0 Å². The van der Waals surface area contributed by atoms with Gasteiger partial charge >= 0.3 is 0 Å². The van der Waals surface area contributed by atoms with Crippen LogP contribution in [0.2, 0.25) is 5.02 Å². The molecule has 1 aromatic carbocycles. The number of hydrogen-bond acceptors (Lipinski definition) is 2. The molecule has 76 valence electrons. The highest BCUT2D eigenvalue weighted by Crippen LogP contribution is 2.25. The summed E-state index contributed by atoms with van der Waals surface area (Å²) in [6.07, 6.45) is 1.61. The van der Waals surface area contributed by atoms with Gasteiger partial charge in [0.25, 0.3) is 5.91 Å². The minimum absolute atomic E-state index is 0.355. The highest BCUT2D eigenvalue weighted by molar-refractivity contribution is 6.34. The van der Waals surface area contributed by atoms with Crippen LogP contribution in [-0.2, 0) is 6.42 Å². The monoisotopic (exact) mass is 212 g/mol. The average molecular weight is 213 g/mol. The van der Waals surface area contributed by atoms with Crippen molar-refractivity contribution >= 4 is 23.2 Å². The van der Waals surface area contributed by atoms with Gasteiger partial charge in [-0.2, -0.15) is 0 Å². The van der Waals surface area contributed by atoms with E-state index in [9.17, 15) is 4.79 Å². The molecule has 0 spiro atoms. The molecule has 3 nitrogen and oxygen atoms in total. The van der Waals surface area contributed by atoms with Gasteiger partial charge in [0.2, 0.25) is 0 Å². The molecule has 14 heavy (non-hydrogen) atoms. The molecule has 1 amide bonds. The molecule has 0 aliphatic heterocycles. The summed E-state index contributed by atoms with van der Waals surface area (Å²) in [6.45, 7) is 2.01. The Morgan fingerprint density at radius 2 is 2.14 bits per heavy atom. The number of primary amides is 1. The predicted octanol–water partition coefficient (Wildman–Crippen LogP) is 1.97. The standard InChI is InChI=1S/C10H13ClN2O/c1-2-3-6-8(12)5-4-7(11)9(6)10(13)14/h4-5H,2-3,12H2,1H3,(H2,13,14). The van der Waals surface area contributed by atoms with Crippen molar-refractivity contribution in [2.45, 2.75) is 19.8 Å². The SMILES string of the molecule is CCCc1c(N)ccc(Cl)c1C(N)=O. The van der Waals surface area contributed by atoms with Gasteiger partial charge in [-0.3, -0.25) is 4.79 Å². The Morgan fingerprint density at radius 1 is 1.50 bits per heavy atom. The molecule has 0 fully saturated rings. The van der Waals surface area contributed by atoms with Crippen molar-refractivity contribution in [1.29, 1.82) is 0 Å². The predicted molar refractivity (Wildman–Crippen MR) is 58.4 cm³/mol. The number of amides is 1. The molecule has 0 unspecified atom stereocenters. The topological polar surface area (TPSA) is 69.1 Å². The van der Waals surface area contributed by atoms with Crippen LogP contribution >= 0.6 is 11.6 Å². The largest absolute Gasteiger partial charge is 0.398 e. The molecular formula is C10H13ClN2O. The summed E-state index contributed by atoms with van der Waals surface area (Å²) in [5, 5.41) is 0.371. The molecule has 0 saturated carbocycles. The van der Waals surface area contributed by atoms with E-state index in [0.29, 0.717) is 22.7 Å². The van der Waals surface area contributed by atoms with Crippen LogP contribution in [0.1, 0.15) is 29.3 Å². The van der Waals surface area contributed by atoms with Crippen LogP contribution in [0.4, 0.5) is 5.69 Å². The zero-order chi connectivity index (χ0) is 10.7. The molecule has 0 saturated heterocycles. The molecule has 0 aliphatic carbocycles. The Bertz CT molecular complexity index is 363. The summed E-state index contributed by atoms with van der Waals surface area (Å²) in [7, 11) is 0. The first-order valence-electron chi connectivity index (χ1n) is 4.44. The Balaban J connectivity index is 3.33. The summed E-state index contributed by atoms with van der Waals surface area (Å²) < 4.78 is 0. The lowest BCUT2D eigenvalue weighted by Crippen LogP contribution is -2.15. The van der Waals surface area contributed by atoms with Crippen LogP contribution in [0.25, 0.3) is 0 Å². The third-order valence-electron chi connectivity index (χ3n) is 2.04. The minimum atomic E-state index is -0.522. The zero-order valence-corrected chi connectivity index (χ0v) is 8.77. The van der Waals surface area contributed by atoms with E-state index in [1.165, 1.54) is 0 Å². The van der Waals surface area contributed by atoms with E-state index >= 15 is 0 Å². The van der Waals surface area contributed by atoms with Crippen LogP contribution in [0.15, 0.2) is 12.1 Å². The van der Waals surface area contributed by atoms with Gasteiger partial charge in [0.1, 0.15) is 0 Å². The van der Waals surface area contributed by atoms with Crippen molar-refractivity contribution in [1.82, 2.24) is 0 Å². The van der Waals surface area contributed by atoms with Crippen molar-refractivity contribution in [3.8, 4) is 0 Å². The quantitative estimate of drug-likeness (QED) is 0.753. The zero-order valence-electron chi connectivity index (χ0n) is 8.01. The summed E-state index contributed by atoms with van der Waals surface area (Å²) >= 11 is 5.88. The Kier molecular flexibility index (Phi) is 3.36. The second kappa shape index (κ2) is 4.33. The molecule has 0 radical (unpaired) electrons. The van der Waals surface area contributed by atoms with E-state index in [2.05, 4.69) is 0 Å². The van der Waals surface area contributed by atoms with E-state index < -0.39 is 5.91 Å². The summed E-state index contributed by atoms with van der Waals surface area (Å²) in [4.78, 5) is 11.2. The van der Waals surface area contributed by atoms with Gasteiger partial charge in [0.05, 0.1) is 10.6 Å². The number of hydrogen-bond donors (Lipinski definition) is 2. The fourth-order valence-corrected chi connectivity index (χ4v) is 1.69. The molecule has 0 atom stereocenters. The molecule has 1 rings (SSSR count). The molecular weight excluding hydrogens is 200 g/mol. The van der Waals surface area contributed by atoms with Gasteiger partial charge in [-0.25, -0.2) is 0 Å². The van der Waals surface area contributed by atoms with Gasteiger partial charge in [-0.05, 0) is 24.1 Å². The fourth-order valence-electron chi connectivity index (χ4n) is 1.42. The van der Waals surface area contributed by atoms with Gasteiger partial charge in [-0.15, -0.1) is 0 Å². The van der Waals surface area contributed by atoms with E-state index in [1.54, 1.807) is 12.1 Å². The van der Waals surface area contributed by atoms with Crippen molar-refractivity contribution in [3.05, 3.63) is 28.3 Å². The second-order valence-electron chi connectivity index (χ2n) is 3.10. The highest BCUT2D eigenvalue weighted by atomic mass is 35.5. The summed E-state index contributed by atoms with van der Waals surface area (Å²) in [5.41, 5.74) is 12.7. The maximum Gasteiger partial charge on any atom is 0.250 e. The number of rotatable bonds is 3. The fraction of sp³-hybridized carbons (Fsp3) is 0.300. The highest BCUT2D eigenvalue weighted by Gasteiger charge is 2.14. The lowest BCUT2D eigenvalue weighted by Gasteiger charge is -2.10. The van der Waals surface area contributed by atoms with E-state index in [-0.39, 0.29) is 0 Å². The van der Waals surface area contributed by atoms with Gasteiger partial charge in [0.15, 0.2) is 0 Å². The van der Waals surface area contributed by atoms with Crippen LogP contribution in [0.3, 0.4) is 0 Å². The Hall–Kier alpha value is -1.22. The number of carbonyl (C=O) groups is 1. The normalized spacial score (nSPS) is 10.1. The van der Waals surface area contributed by atoms with E-state index in [0.717, 1.165) is 12.0 Å². The Labute approximate surface area is 88.0 Å². The third kappa shape index (κ3) is 1.99. The smallest absolute Gasteiger partial charge is 0.250 e. The maximum atomic E-state index is 11.2. The maximum absolute atomic E-state index is 11.2. The van der Waals surface area contributed by atoms with Crippen molar-refractivity contribution in [2.24, 2.45) is 5.73 Å². The Morgan fingerprint density at radius 3 is 2.64 bits per heavy atom.